The first-order valence-electron chi connectivity index (χ1n) is 5.95. The lowest BCUT2D eigenvalue weighted by atomic mass is 10.1. The van der Waals surface area contributed by atoms with Crippen LogP contribution in [0.5, 0.6) is 5.75 Å². The van der Waals surface area contributed by atoms with Gasteiger partial charge in [0.1, 0.15) is 17.4 Å². The zero-order valence-corrected chi connectivity index (χ0v) is 10.8. The van der Waals surface area contributed by atoms with Crippen molar-refractivity contribution in [3.63, 3.8) is 0 Å². The minimum atomic E-state index is -0.352. The zero-order chi connectivity index (χ0) is 13.8. The summed E-state index contributed by atoms with van der Waals surface area (Å²) >= 11 is 0. The third-order valence-electron chi connectivity index (χ3n) is 2.92. The van der Waals surface area contributed by atoms with Crippen LogP contribution in [0.1, 0.15) is 18.5 Å². The number of nitrogens with one attached hydrogen (secondary N) is 1. The van der Waals surface area contributed by atoms with Crippen LogP contribution in [0.15, 0.2) is 42.5 Å². The Kier molecular flexibility index (Phi) is 4.00. The first-order valence-corrected chi connectivity index (χ1v) is 5.95. The molecule has 0 saturated heterocycles. The van der Waals surface area contributed by atoms with Crippen molar-refractivity contribution < 1.29 is 13.5 Å². The van der Waals surface area contributed by atoms with Crippen LogP contribution in [0.2, 0.25) is 0 Å². The van der Waals surface area contributed by atoms with Gasteiger partial charge in [-0.15, -0.1) is 0 Å². The summed E-state index contributed by atoms with van der Waals surface area (Å²) in [6, 6.07) is 10.5. The van der Waals surface area contributed by atoms with Gasteiger partial charge in [0.25, 0.3) is 0 Å². The zero-order valence-electron chi connectivity index (χ0n) is 10.8. The molecule has 0 bridgehead atoms. The average Bonchev–Trinajstić information content (AvgIpc) is 2.42. The molecule has 2 rings (SSSR count). The predicted octanol–water partition coefficient (Wildman–Crippen LogP) is 4.15. The average molecular weight is 263 g/mol. The Morgan fingerprint density at radius 3 is 2.37 bits per heavy atom. The van der Waals surface area contributed by atoms with Crippen molar-refractivity contribution >= 4 is 5.69 Å². The highest BCUT2D eigenvalue weighted by Crippen LogP contribution is 2.25. The minimum Gasteiger partial charge on any atom is -0.497 e. The first kappa shape index (κ1) is 13.3. The van der Waals surface area contributed by atoms with Crippen LogP contribution in [0.3, 0.4) is 0 Å². The van der Waals surface area contributed by atoms with E-state index in [1.54, 1.807) is 24.3 Å². The molecule has 4 heteroatoms. The van der Waals surface area contributed by atoms with Gasteiger partial charge in [0.15, 0.2) is 0 Å². The number of hydrogen-bond acceptors (Lipinski definition) is 2. The lowest BCUT2D eigenvalue weighted by Crippen LogP contribution is -2.08. The van der Waals surface area contributed by atoms with Gasteiger partial charge in [0.05, 0.1) is 12.8 Å². The van der Waals surface area contributed by atoms with E-state index in [-0.39, 0.29) is 17.7 Å². The van der Waals surface area contributed by atoms with Crippen molar-refractivity contribution in [2.24, 2.45) is 0 Å². The van der Waals surface area contributed by atoms with Crippen LogP contribution in [0, 0.1) is 11.6 Å². The van der Waals surface area contributed by atoms with Crippen LogP contribution in [0.25, 0.3) is 0 Å². The van der Waals surface area contributed by atoms with Crippen LogP contribution >= 0.6 is 0 Å². The van der Waals surface area contributed by atoms with E-state index in [4.69, 9.17) is 4.74 Å². The minimum absolute atomic E-state index is 0.137. The van der Waals surface area contributed by atoms with E-state index in [1.165, 1.54) is 25.3 Å². The molecule has 0 fully saturated rings. The first-order chi connectivity index (χ1) is 9.10. The fraction of sp³-hybridized carbons (Fsp3) is 0.200. The second-order valence-corrected chi connectivity index (χ2v) is 4.26. The second-order valence-electron chi connectivity index (χ2n) is 4.26. The summed E-state index contributed by atoms with van der Waals surface area (Å²) in [4.78, 5) is 0. The van der Waals surface area contributed by atoms with Crippen molar-refractivity contribution in [3.05, 3.63) is 59.7 Å². The number of hydrogen-bond donors (Lipinski definition) is 1. The van der Waals surface area contributed by atoms with E-state index < -0.39 is 0 Å². The Labute approximate surface area is 111 Å². The Bertz CT molecular complexity index is 555. The molecule has 2 aromatic carbocycles. The largest absolute Gasteiger partial charge is 0.497 e. The second kappa shape index (κ2) is 5.69. The van der Waals surface area contributed by atoms with Crippen molar-refractivity contribution in [2.75, 3.05) is 12.4 Å². The molecule has 2 nitrogen and oxygen atoms in total. The maximum Gasteiger partial charge on any atom is 0.146 e. The van der Waals surface area contributed by atoms with Gasteiger partial charge >= 0.3 is 0 Å². The van der Waals surface area contributed by atoms with Crippen molar-refractivity contribution in [1.29, 1.82) is 0 Å². The van der Waals surface area contributed by atoms with E-state index in [0.29, 0.717) is 11.4 Å². The van der Waals surface area contributed by atoms with Crippen LogP contribution in [0.4, 0.5) is 14.5 Å². The molecule has 0 heterocycles. The molecule has 0 spiro atoms. The predicted molar refractivity (Wildman–Crippen MR) is 71.4 cm³/mol. The summed E-state index contributed by atoms with van der Waals surface area (Å²) in [5.74, 6) is -0.0616. The van der Waals surface area contributed by atoms with Gasteiger partial charge in [-0.1, -0.05) is 12.1 Å². The van der Waals surface area contributed by atoms with Gasteiger partial charge in [-0.25, -0.2) is 8.78 Å². The monoisotopic (exact) mass is 263 g/mol. The van der Waals surface area contributed by atoms with Gasteiger partial charge < -0.3 is 10.1 Å². The summed E-state index contributed by atoms with van der Waals surface area (Å²) in [5.41, 5.74) is 1.24. The summed E-state index contributed by atoms with van der Waals surface area (Å²) < 4.78 is 31.6. The molecule has 0 saturated carbocycles. The Hall–Kier alpha value is -2.10. The molecule has 0 aliphatic heterocycles. The molecule has 0 radical (unpaired) electrons. The fourth-order valence-corrected chi connectivity index (χ4v) is 1.81. The Morgan fingerprint density at radius 1 is 1.05 bits per heavy atom. The Morgan fingerprint density at radius 2 is 1.74 bits per heavy atom. The van der Waals surface area contributed by atoms with E-state index in [0.717, 1.165) is 5.56 Å². The van der Waals surface area contributed by atoms with Crippen LogP contribution < -0.4 is 10.1 Å². The third kappa shape index (κ3) is 3.22. The van der Waals surface area contributed by atoms with E-state index in [2.05, 4.69) is 5.32 Å². The van der Waals surface area contributed by atoms with Crippen LogP contribution in [-0.2, 0) is 0 Å². The molecule has 0 amide bonds. The molecule has 19 heavy (non-hydrogen) atoms. The number of anilines is 1. The SMILES string of the molecule is COc1ccc(F)c(NC(C)c2ccc(F)cc2)c1. The molecule has 2 aromatic rings. The third-order valence-corrected chi connectivity index (χ3v) is 2.92. The summed E-state index contributed by atoms with van der Waals surface area (Å²) in [7, 11) is 1.53. The number of ether oxygens (including phenoxy) is 1. The van der Waals surface area contributed by atoms with Crippen molar-refractivity contribution in [2.45, 2.75) is 13.0 Å². The lowest BCUT2D eigenvalue weighted by molar-refractivity contribution is 0.414. The van der Waals surface area contributed by atoms with Crippen molar-refractivity contribution in [1.82, 2.24) is 0 Å². The standard InChI is InChI=1S/C15H15F2NO/c1-10(11-3-5-12(16)6-4-11)18-15-9-13(19-2)7-8-14(15)17/h3-10,18H,1-2H3. The van der Waals surface area contributed by atoms with Gasteiger partial charge in [-0.05, 0) is 36.8 Å². The molecule has 1 unspecified atom stereocenters. The molecule has 0 aliphatic carbocycles. The Balaban J connectivity index is 2.18. The molecule has 100 valence electrons. The highest BCUT2D eigenvalue weighted by Gasteiger charge is 2.09. The molecule has 1 N–H and O–H groups in total. The number of halogens is 2. The summed E-state index contributed by atoms with van der Waals surface area (Å²) in [6.45, 7) is 1.88. The number of benzene rings is 2. The summed E-state index contributed by atoms with van der Waals surface area (Å²) in [6.07, 6.45) is 0. The van der Waals surface area contributed by atoms with Gasteiger partial charge in [-0.2, -0.15) is 0 Å². The lowest BCUT2D eigenvalue weighted by Gasteiger charge is -2.17. The van der Waals surface area contributed by atoms with E-state index in [9.17, 15) is 8.78 Å². The molecule has 0 aliphatic rings. The topological polar surface area (TPSA) is 21.3 Å². The normalized spacial score (nSPS) is 12.0. The highest BCUT2D eigenvalue weighted by molar-refractivity contribution is 5.51. The quantitative estimate of drug-likeness (QED) is 0.894. The number of methoxy groups -OCH3 is 1. The smallest absolute Gasteiger partial charge is 0.146 e. The molecular formula is C15H15F2NO. The van der Waals surface area contributed by atoms with Crippen molar-refractivity contribution in [3.8, 4) is 5.75 Å². The maximum atomic E-state index is 13.7. The molecule has 0 aromatic heterocycles. The number of rotatable bonds is 4. The molecular weight excluding hydrogens is 248 g/mol. The maximum absolute atomic E-state index is 13.7. The van der Waals surface area contributed by atoms with E-state index >= 15 is 0 Å². The highest BCUT2D eigenvalue weighted by atomic mass is 19.1. The van der Waals surface area contributed by atoms with Gasteiger partial charge in [0.2, 0.25) is 0 Å². The van der Waals surface area contributed by atoms with E-state index in [1.807, 2.05) is 6.92 Å². The summed E-state index contributed by atoms with van der Waals surface area (Å²) in [5, 5.41) is 3.04. The fourth-order valence-electron chi connectivity index (χ4n) is 1.81. The van der Waals surface area contributed by atoms with Gasteiger partial charge in [0, 0.05) is 12.1 Å². The molecule has 1 atom stereocenters. The van der Waals surface area contributed by atoms with Crippen LogP contribution in [-0.4, -0.2) is 7.11 Å². The van der Waals surface area contributed by atoms with Gasteiger partial charge in [-0.3, -0.25) is 0 Å².